The molecule has 1 saturated carbocycles. The Balaban J connectivity index is 0.000000173. The summed E-state index contributed by atoms with van der Waals surface area (Å²) in [4.78, 5) is 0. The fraction of sp³-hybridized carbons (Fsp3) is 0.214. The second kappa shape index (κ2) is 14.2. The van der Waals surface area contributed by atoms with Gasteiger partial charge in [0.15, 0.2) is 0 Å². The Kier molecular flexibility index (Phi) is 12.0. The van der Waals surface area contributed by atoms with E-state index in [0.29, 0.717) is 0 Å². The quantitative estimate of drug-likeness (QED) is 0.277. The summed E-state index contributed by atoms with van der Waals surface area (Å²) in [6, 6.07) is 28.6. The van der Waals surface area contributed by atoms with Crippen LogP contribution in [-0.4, -0.2) is 3.21 Å². The molecule has 0 N–H and O–H groups in total. The number of rotatable bonds is 1. The summed E-state index contributed by atoms with van der Waals surface area (Å²) in [6.07, 6.45) is 8.36. The number of thiophene rings is 1. The zero-order valence-corrected chi connectivity index (χ0v) is 22.8. The molecule has 1 fully saturated rings. The van der Waals surface area contributed by atoms with Crippen LogP contribution < -0.4 is 24.8 Å². The zero-order valence-electron chi connectivity index (χ0n) is 18.0. The Hall–Kier alpha value is -1.18. The van der Waals surface area contributed by atoms with Crippen LogP contribution in [0.5, 0.6) is 0 Å². The van der Waals surface area contributed by atoms with Gasteiger partial charge in [-0.15, -0.1) is 29.3 Å². The molecule has 4 aromatic rings. The van der Waals surface area contributed by atoms with Crippen molar-refractivity contribution >= 4 is 14.5 Å². The molecule has 0 bridgehead atoms. The molecule has 0 amide bonds. The molecule has 2 aliphatic rings. The minimum absolute atomic E-state index is 0. The molecule has 164 valence electrons. The second-order valence-electron chi connectivity index (χ2n) is 7.75. The first-order chi connectivity index (χ1) is 14.8. The van der Waals surface area contributed by atoms with Gasteiger partial charge in [0.25, 0.3) is 0 Å². The van der Waals surface area contributed by atoms with Gasteiger partial charge in [0.05, 0.1) is 0 Å². The maximum atomic E-state index is 3.30. The predicted molar refractivity (Wildman–Crippen MR) is 127 cm³/mol. The molecule has 0 radical (unpaired) electrons. The van der Waals surface area contributed by atoms with Gasteiger partial charge in [-0.25, -0.2) is 11.3 Å². The molecule has 0 aliphatic heterocycles. The van der Waals surface area contributed by atoms with E-state index in [0.717, 1.165) is 6.42 Å². The van der Waals surface area contributed by atoms with E-state index in [1.807, 2.05) is 6.07 Å². The third kappa shape index (κ3) is 7.42. The number of fused-ring (bicyclic) bond motifs is 3. The normalized spacial score (nSPS) is 13.1. The molecule has 0 saturated heterocycles. The van der Waals surface area contributed by atoms with Crippen molar-refractivity contribution in [1.82, 2.24) is 0 Å². The molecule has 2 aliphatic carbocycles. The van der Waals surface area contributed by atoms with Crippen LogP contribution in [0, 0.1) is 6.07 Å². The minimum atomic E-state index is 0. The molecule has 1 heterocycles. The van der Waals surface area contributed by atoms with Gasteiger partial charge in [-0.3, -0.25) is 0 Å². The molecular formula is C28H26Cl2SZr-2. The molecule has 1 aromatic heterocycles. The van der Waals surface area contributed by atoms with E-state index in [-0.39, 0.29) is 24.8 Å². The van der Waals surface area contributed by atoms with Crippen molar-refractivity contribution in [2.45, 2.75) is 38.5 Å². The van der Waals surface area contributed by atoms with Crippen molar-refractivity contribution < 1.29 is 49.0 Å². The van der Waals surface area contributed by atoms with E-state index < -0.39 is 0 Å². The molecule has 6 rings (SSSR count). The van der Waals surface area contributed by atoms with E-state index in [1.165, 1.54) is 65.5 Å². The SMILES string of the molecule is [Cl-].[Cl-].[Zr+2]=[C]1CCCCC1.[c-]1cccc2c1Cc1ccccc1-2.c1cc[c-](-c2ccsc2)c1. The maximum Gasteiger partial charge on any atom is -0.0253 e. The zero-order chi connectivity index (χ0) is 20.6. The Morgan fingerprint density at radius 1 is 0.812 bits per heavy atom. The Labute approximate surface area is 223 Å². The van der Waals surface area contributed by atoms with Crippen molar-refractivity contribution in [2.24, 2.45) is 0 Å². The summed E-state index contributed by atoms with van der Waals surface area (Å²) in [5.41, 5.74) is 8.16. The van der Waals surface area contributed by atoms with Gasteiger partial charge in [0, 0.05) is 0 Å². The largest absolute Gasteiger partial charge is 0.201 e. The number of hydrogen-bond acceptors (Lipinski definition) is 1. The smallest absolute Gasteiger partial charge is 0.0253 e. The van der Waals surface area contributed by atoms with Crippen molar-refractivity contribution in [3.05, 3.63) is 101 Å². The third-order valence-corrected chi connectivity index (χ3v) is 7.50. The fourth-order valence-electron chi connectivity index (χ4n) is 3.97. The first-order valence-corrected chi connectivity index (χ1v) is 12.9. The average molecular weight is 557 g/mol. The van der Waals surface area contributed by atoms with Crippen molar-refractivity contribution in [3.8, 4) is 22.3 Å². The van der Waals surface area contributed by atoms with Gasteiger partial charge in [0.2, 0.25) is 0 Å². The van der Waals surface area contributed by atoms with Crippen molar-refractivity contribution in [3.63, 3.8) is 0 Å². The van der Waals surface area contributed by atoms with Crippen LogP contribution >= 0.6 is 11.3 Å². The summed E-state index contributed by atoms with van der Waals surface area (Å²) in [5, 5.41) is 4.26. The van der Waals surface area contributed by atoms with Gasteiger partial charge in [-0.2, -0.15) is 42.0 Å². The molecule has 4 heteroatoms. The third-order valence-electron chi connectivity index (χ3n) is 5.59. The van der Waals surface area contributed by atoms with Gasteiger partial charge < -0.3 is 24.8 Å². The first kappa shape index (κ1) is 27.1. The second-order valence-corrected chi connectivity index (χ2v) is 10.3. The van der Waals surface area contributed by atoms with Gasteiger partial charge in [-0.1, -0.05) is 51.7 Å². The predicted octanol–water partition coefficient (Wildman–Crippen LogP) is 1.87. The maximum absolute atomic E-state index is 3.30. The Morgan fingerprint density at radius 2 is 1.53 bits per heavy atom. The van der Waals surface area contributed by atoms with Crippen LogP contribution in [0.2, 0.25) is 0 Å². The van der Waals surface area contributed by atoms with Gasteiger partial charge >= 0.3 is 59.5 Å². The van der Waals surface area contributed by atoms with E-state index >= 15 is 0 Å². The van der Waals surface area contributed by atoms with E-state index in [4.69, 9.17) is 0 Å². The molecule has 3 aromatic carbocycles. The van der Waals surface area contributed by atoms with Crippen molar-refractivity contribution in [2.75, 3.05) is 0 Å². The standard InChI is InChI=1S/C13H9.C9H7S.C6H10.2ClH.Zr/c1-3-7-12-10(5-1)9-11-6-2-4-8-13(11)12;1-2-4-8(3-1)9-5-6-10-7-9;1-2-4-6-5-3-1;;;/h1-5,7-8H,9H2;1-7H;1-5H2;2*1H;/q2*-1;;;;+2/p-2. The Morgan fingerprint density at radius 3 is 2.19 bits per heavy atom. The van der Waals surface area contributed by atoms with Crippen LogP contribution in [0.3, 0.4) is 0 Å². The monoisotopic (exact) mass is 554 g/mol. The van der Waals surface area contributed by atoms with Crippen LogP contribution in [0.25, 0.3) is 22.3 Å². The molecule has 0 nitrogen and oxygen atoms in total. The fourth-order valence-corrected chi connectivity index (χ4v) is 5.51. The van der Waals surface area contributed by atoms with E-state index in [1.54, 1.807) is 38.8 Å². The summed E-state index contributed by atoms with van der Waals surface area (Å²) in [6.45, 7) is 0. The van der Waals surface area contributed by atoms with Gasteiger partial charge in [0.1, 0.15) is 0 Å². The summed E-state index contributed by atoms with van der Waals surface area (Å²) in [7, 11) is 0. The molecular weight excluding hydrogens is 531 g/mol. The van der Waals surface area contributed by atoms with Crippen molar-refractivity contribution in [1.29, 1.82) is 0 Å². The molecule has 0 unspecified atom stereocenters. The summed E-state index contributed by atoms with van der Waals surface area (Å²) < 4.78 is 1.80. The Bertz CT molecular complexity index is 985. The molecule has 32 heavy (non-hydrogen) atoms. The first-order valence-electron chi connectivity index (χ1n) is 10.7. The summed E-state index contributed by atoms with van der Waals surface area (Å²) in [5.74, 6) is 0. The number of halogens is 2. The van der Waals surface area contributed by atoms with E-state index in [9.17, 15) is 0 Å². The van der Waals surface area contributed by atoms with Crippen LogP contribution in [0.4, 0.5) is 0 Å². The number of hydrogen-bond donors (Lipinski definition) is 0. The number of benzene rings is 2. The topological polar surface area (TPSA) is 0 Å². The molecule has 0 spiro atoms. The van der Waals surface area contributed by atoms with Crippen LogP contribution in [0.15, 0.2) is 83.6 Å². The van der Waals surface area contributed by atoms with Crippen LogP contribution in [-0.2, 0) is 30.7 Å². The minimum Gasteiger partial charge on any atom is -0.201 e. The van der Waals surface area contributed by atoms with E-state index in [2.05, 4.69) is 83.6 Å². The van der Waals surface area contributed by atoms with Gasteiger partial charge in [-0.05, 0) is 6.42 Å². The summed E-state index contributed by atoms with van der Waals surface area (Å²) >= 11 is 3.43. The van der Waals surface area contributed by atoms with Crippen LogP contribution in [0.1, 0.15) is 43.2 Å². The molecule has 0 atom stereocenters. The average Bonchev–Trinajstić information content (AvgIpc) is 3.55.